The normalized spacial score (nSPS) is 10.9. The lowest BCUT2D eigenvalue weighted by Gasteiger charge is -2.24. The van der Waals surface area contributed by atoms with E-state index in [0.29, 0.717) is 0 Å². The van der Waals surface area contributed by atoms with Crippen LogP contribution in [0.3, 0.4) is 0 Å². The minimum absolute atomic E-state index is 0.319. The van der Waals surface area contributed by atoms with Crippen LogP contribution < -0.4 is 0 Å². The van der Waals surface area contributed by atoms with Crippen molar-refractivity contribution in [3.8, 4) is 0 Å². The highest BCUT2D eigenvalue weighted by Crippen LogP contribution is 2.09. The van der Waals surface area contributed by atoms with E-state index in [-0.39, 0.29) is 11.5 Å². The number of esters is 2. The summed E-state index contributed by atoms with van der Waals surface area (Å²) in [6, 6.07) is 0. The molecule has 0 aliphatic heterocycles. The molecule has 0 bridgehead atoms. The monoisotopic (exact) mass is 242 g/mol. The second-order valence-electron chi connectivity index (χ2n) is 2.14. The van der Waals surface area contributed by atoms with Crippen LogP contribution in [-0.4, -0.2) is 46.2 Å². The van der Waals surface area contributed by atoms with E-state index in [9.17, 15) is 14.7 Å². The van der Waals surface area contributed by atoms with Gasteiger partial charge in [-0.25, -0.2) is 0 Å². The zero-order valence-electron chi connectivity index (χ0n) is 7.04. The van der Waals surface area contributed by atoms with Crippen LogP contribution in [0.5, 0.6) is 0 Å². The second-order valence-corrected chi connectivity index (χ2v) is 2.77. The van der Waals surface area contributed by atoms with E-state index < -0.39 is 24.5 Å². The van der Waals surface area contributed by atoms with Gasteiger partial charge in [-0.15, -0.1) is 0 Å². The number of hydrogen-bond acceptors (Lipinski definition) is 8. The Morgan fingerprint density at radius 1 is 1.14 bits per heavy atom. The van der Waals surface area contributed by atoms with Crippen LogP contribution in [0, 0.1) is 0 Å². The lowest BCUT2D eigenvalue weighted by atomic mass is 10.5. The summed E-state index contributed by atoms with van der Waals surface area (Å²) in [7, 11) is 0. The molecule has 0 spiro atoms. The van der Waals surface area contributed by atoms with Crippen molar-refractivity contribution in [3.05, 3.63) is 0 Å². The van der Waals surface area contributed by atoms with Crippen molar-refractivity contribution in [3.63, 3.8) is 0 Å². The van der Waals surface area contributed by atoms with Gasteiger partial charge in [0, 0.05) is 0 Å². The van der Waals surface area contributed by atoms with E-state index >= 15 is 0 Å². The molecule has 0 rings (SSSR count). The van der Waals surface area contributed by atoms with E-state index in [1.165, 1.54) is 0 Å². The molecule has 0 aliphatic carbocycles. The van der Waals surface area contributed by atoms with Gasteiger partial charge in [-0.2, -0.15) is 25.3 Å². The SMILES string of the molecule is O=C(CS)OC(O)(CO)OC(=O)CS. The molecule has 0 aromatic heterocycles. The van der Waals surface area contributed by atoms with Gasteiger partial charge < -0.3 is 19.7 Å². The molecule has 0 radical (unpaired) electrons. The fourth-order valence-corrected chi connectivity index (χ4v) is 0.635. The maximum atomic E-state index is 10.7. The number of hydrogen-bond donors (Lipinski definition) is 4. The van der Waals surface area contributed by atoms with E-state index in [2.05, 4.69) is 34.7 Å². The fourth-order valence-electron chi connectivity index (χ4n) is 0.506. The van der Waals surface area contributed by atoms with E-state index in [1.54, 1.807) is 0 Å². The van der Waals surface area contributed by atoms with Gasteiger partial charge in [0.15, 0.2) is 0 Å². The summed E-state index contributed by atoms with van der Waals surface area (Å²) >= 11 is 7.11. The van der Waals surface area contributed by atoms with Gasteiger partial charge in [0.05, 0.1) is 11.5 Å². The lowest BCUT2D eigenvalue weighted by Crippen LogP contribution is -2.44. The van der Waals surface area contributed by atoms with Crippen LogP contribution in [0.2, 0.25) is 0 Å². The molecule has 0 aromatic carbocycles. The average molecular weight is 242 g/mol. The van der Waals surface area contributed by atoms with Crippen LogP contribution in [0.15, 0.2) is 0 Å². The molecule has 0 unspecified atom stereocenters. The Morgan fingerprint density at radius 2 is 1.50 bits per heavy atom. The molecule has 0 saturated heterocycles. The smallest absolute Gasteiger partial charge is 0.396 e. The van der Waals surface area contributed by atoms with Crippen LogP contribution in [0.4, 0.5) is 0 Å². The number of rotatable bonds is 5. The number of carbonyl (C=O) groups is 2. The van der Waals surface area contributed by atoms with Crippen molar-refractivity contribution >= 4 is 37.2 Å². The minimum atomic E-state index is -2.65. The maximum absolute atomic E-state index is 10.7. The first-order valence-electron chi connectivity index (χ1n) is 3.46. The fraction of sp³-hybridized carbons (Fsp3) is 0.667. The Balaban J connectivity index is 4.31. The molecule has 0 heterocycles. The molecule has 0 aromatic rings. The third-order valence-corrected chi connectivity index (χ3v) is 1.52. The first kappa shape index (κ1) is 13.6. The van der Waals surface area contributed by atoms with Crippen molar-refractivity contribution in [1.29, 1.82) is 0 Å². The third-order valence-electron chi connectivity index (χ3n) is 1.00. The van der Waals surface area contributed by atoms with Crippen LogP contribution in [0.25, 0.3) is 0 Å². The summed E-state index contributed by atoms with van der Waals surface area (Å²) in [5.41, 5.74) is 0. The molecule has 0 atom stereocenters. The van der Waals surface area contributed by atoms with E-state index in [0.717, 1.165) is 0 Å². The largest absolute Gasteiger partial charge is 0.398 e. The van der Waals surface area contributed by atoms with Gasteiger partial charge in [0.25, 0.3) is 0 Å². The first-order chi connectivity index (χ1) is 6.47. The van der Waals surface area contributed by atoms with Gasteiger partial charge >= 0.3 is 17.9 Å². The number of carbonyl (C=O) groups excluding carboxylic acids is 2. The first-order valence-corrected chi connectivity index (χ1v) is 4.72. The molecule has 8 heteroatoms. The van der Waals surface area contributed by atoms with Gasteiger partial charge in [-0.1, -0.05) is 0 Å². The minimum Gasteiger partial charge on any atom is -0.396 e. The van der Waals surface area contributed by atoms with E-state index in [1.807, 2.05) is 0 Å². The van der Waals surface area contributed by atoms with Crippen LogP contribution in [0.1, 0.15) is 0 Å². The predicted molar refractivity (Wildman–Crippen MR) is 51.9 cm³/mol. The third kappa shape index (κ3) is 4.70. The molecule has 0 amide bonds. The number of aliphatic hydroxyl groups excluding tert-OH is 1. The van der Waals surface area contributed by atoms with Crippen molar-refractivity contribution < 1.29 is 29.3 Å². The van der Waals surface area contributed by atoms with Crippen LogP contribution >= 0.6 is 25.3 Å². The number of ether oxygens (including phenoxy) is 2. The van der Waals surface area contributed by atoms with Gasteiger partial charge in [0.1, 0.15) is 6.61 Å². The molecular formula is C6H10O6S2. The summed E-state index contributed by atoms with van der Waals surface area (Å²) < 4.78 is 8.44. The summed E-state index contributed by atoms with van der Waals surface area (Å²) in [4.78, 5) is 21.4. The Morgan fingerprint density at radius 3 is 1.71 bits per heavy atom. The predicted octanol–water partition coefficient (Wildman–Crippen LogP) is -1.43. The molecule has 0 fully saturated rings. The zero-order valence-corrected chi connectivity index (χ0v) is 8.83. The second kappa shape index (κ2) is 6.12. The summed E-state index contributed by atoms with van der Waals surface area (Å²) in [5, 5.41) is 17.8. The number of thiol groups is 2. The Bertz CT molecular complexity index is 200. The van der Waals surface area contributed by atoms with Crippen molar-refractivity contribution in [2.24, 2.45) is 0 Å². The Labute approximate surface area is 91.0 Å². The molecule has 0 aliphatic rings. The molecule has 82 valence electrons. The zero-order chi connectivity index (χ0) is 11.2. The quantitative estimate of drug-likeness (QED) is 0.268. The Kier molecular flexibility index (Phi) is 5.93. The summed E-state index contributed by atoms with van der Waals surface area (Å²) in [6.45, 7) is -1.06. The van der Waals surface area contributed by atoms with Crippen LogP contribution in [-0.2, 0) is 19.1 Å². The number of aliphatic hydroxyl groups is 2. The van der Waals surface area contributed by atoms with Gasteiger partial charge in [0.2, 0.25) is 0 Å². The summed E-state index contributed by atoms with van der Waals surface area (Å²) in [6.07, 6.45) is 0. The van der Waals surface area contributed by atoms with Crippen molar-refractivity contribution in [1.82, 2.24) is 0 Å². The van der Waals surface area contributed by atoms with Gasteiger partial charge in [-0.05, 0) is 0 Å². The molecule has 2 N–H and O–H groups in total. The highest BCUT2D eigenvalue weighted by molar-refractivity contribution is 7.81. The lowest BCUT2D eigenvalue weighted by molar-refractivity contribution is -0.335. The topological polar surface area (TPSA) is 93.1 Å². The Hall–Kier alpha value is -0.440. The van der Waals surface area contributed by atoms with Gasteiger partial charge in [-0.3, -0.25) is 9.59 Å². The highest BCUT2D eigenvalue weighted by atomic mass is 32.1. The molecule has 6 nitrogen and oxygen atoms in total. The maximum Gasteiger partial charge on any atom is 0.398 e. The molecule has 0 saturated carbocycles. The standard InChI is InChI=1S/C6H10O6S2/c7-3-6(10,11-4(8)1-13)12-5(9)2-14/h7,10,13-14H,1-3H2. The molecule has 14 heavy (non-hydrogen) atoms. The van der Waals surface area contributed by atoms with Crippen molar-refractivity contribution in [2.45, 2.75) is 5.97 Å². The van der Waals surface area contributed by atoms with E-state index in [4.69, 9.17) is 5.11 Å². The highest BCUT2D eigenvalue weighted by Gasteiger charge is 2.35. The summed E-state index contributed by atoms with van der Waals surface area (Å²) in [5.74, 6) is -5.16. The average Bonchev–Trinajstić information content (AvgIpc) is 2.17. The van der Waals surface area contributed by atoms with Crippen molar-refractivity contribution in [2.75, 3.05) is 18.1 Å². The molecular weight excluding hydrogens is 232 g/mol.